The Kier molecular flexibility index (Phi) is 5.11. The molecule has 0 spiro atoms. The number of fused-ring (bicyclic) bond motifs is 2. The molecular weight excluding hydrogens is 326 g/mol. The van der Waals surface area contributed by atoms with Gasteiger partial charge in [0.25, 0.3) is 0 Å². The standard InChI is InChI=1S/C21H29N3O2/c1-15-5-6-16-11-17(21(26-2)22-20(16)10-15)12-24-14-18-4-3-8-23(18)13-19(24)7-9-25/h5-6,10-11,18-19,25H,3-4,7-9,12-14H2,1-2H3/t18-,19-/m0/s1. The number of nitrogens with zero attached hydrogens (tertiary/aromatic N) is 3. The van der Waals surface area contributed by atoms with Crippen molar-refractivity contribution >= 4 is 10.9 Å². The molecule has 0 saturated carbocycles. The van der Waals surface area contributed by atoms with E-state index in [1.165, 1.54) is 24.9 Å². The van der Waals surface area contributed by atoms with Crippen molar-refractivity contribution in [3.8, 4) is 5.88 Å². The third kappa shape index (κ3) is 3.43. The molecule has 3 heterocycles. The first-order chi connectivity index (χ1) is 12.7. The van der Waals surface area contributed by atoms with Gasteiger partial charge in [-0.15, -0.1) is 0 Å². The summed E-state index contributed by atoms with van der Waals surface area (Å²) in [5.41, 5.74) is 3.33. The number of hydrogen-bond acceptors (Lipinski definition) is 5. The van der Waals surface area contributed by atoms with E-state index in [-0.39, 0.29) is 6.61 Å². The van der Waals surface area contributed by atoms with Crippen LogP contribution in [0.25, 0.3) is 10.9 Å². The molecule has 26 heavy (non-hydrogen) atoms. The van der Waals surface area contributed by atoms with Crippen LogP contribution in [0.4, 0.5) is 0 Å². The number of pyridine rings is 1. The van der Waals surface area contributed by atoms with Crippen molar-refractivity contribution in [3.63, 3.8) is 0 Å². The Morgan fingerprint density at radius 2 is 2.15 bits per heavy atom. The molecule has 2 atom stereocenters. The Morgan fingerprint density at radius 1 is 1.27 bits per heavy atom. The number of aryl methyl sites for hydroxylation is 1. The Balaban J connectivity index is 1.62. The average molecular weight is 355 g/mol. The summed E-state index contributed by atoms with van der Waals surface area (Å²) in [7, 11) is 1.70. The van der Waals surface area contributed by atoms with Gasteiger partial charge in [-0.05, 0) is 50.4 Å². The number of aliphatic hydroxyl groups is 1. The fourth-order valence-corrected chi connectivity index (χ4v) is 4.58. The molecule has 0 radical (unpaired) electrons. The lowest BCUT2D eigenvalue weighted by molar-refractivity contribution is 0.0328. The minimum atomic E-state index is 0.242. The number of aliphatic hydroxyl groups excluding tert-OH is 1. The van der Waals surface area contributed by atoms with Crippen LogP contribution in [0.15, 0.2) is 24.3 Å². The maximum atomic E-state index is 9.53. The Hall–Kier alpha value is -1.69. The second-order valence-corrected chi connectivity index (χ2v) is 7.74. The van der Waals surface area contributed by atoms with Gasteiger partial charge in [-0.1, -0.05) is 12.1 Å². The molecule has 0 bridgehead atoms. The lowest BCUT2D eigenvalue weighted by Gasteiger charge is -2.43. The highest BCUT2D eigenvalue weighted by molar-refractivity contribution is 5.80. The van der Waals surface area contributed by atoms with Crippen molar-refractivity contribution < 1.29 is 9.84 Å². The number of piperazine rings is 1. The Bertz CT molecular complexity index is 779. The van der Waals surface area contributed by atoms with Crippen LogP contribution in [0.5, 0.6) is 5.88 Å². The molecule has 2 aromatic rings. The first-order valence-electron chi connectivity index (χ1n) is 9.71. The summed E-state index contributed by atoms with van der Waals surface area (Å²) in [5, 5.41) is 10.7. The molecule has 1 aromatic heterocycles. The third-order valence-electron chi connectivity index (χ3n) is 5.95. The zero-order chi connectivity index (χ0) is 18.1. The summed E-state index contributed by atoms with van der Waals surface area (Å²) < 4.78 is 5.62. The lowest BCUT2D eigenvalue weighted by atomic mass is 10.0. The highest BCUT2D eigenvalue weighted by Gasteiger charge is 2.36. The van der Waals surface area contributed by atoms with Gasteiger partial charge in [0.05, 0.1) is 12.6 Å². The topological polar surface area (TPSA) is 48.8 Å². The summed E-state index contributed by atoms with van der Waals surface area (Å²) >= 11 is 0. The molecule has 1 N–H and O–H groups in total. The van der Waals surface area contributed by atoms with Crippen LogP contribution in [0, 0.1) is 6.92 Å². The minimum Gasteiger partial charge on any atom is -0.481 e. The van der Waals surface area contributed by atoms with E-state index in [0.717, 1.165) is 48.4 Å². The van der Waals surface area contributed by atoms with Crippen molar-refractivity contribution in [2.45, 2.75) is 44.8 Å². The van der Waals surface area contributed by atoms with E-state index in [0.29, 0.717) is 12.1 Å². The lowest BCUT2D eigenvalue weighted by Crippen LogP contribution is -2.55. The molecule has 5 heteroatoms. The molecule has 0 unspecified atom stereocenters. The first-order valence-corrected chi connectivity index (χ1v) is 9.71. The summed E-state index contributed by atoms with van der Waals surface area (Å²) in [5.74, 6) is 0.722. The van der Waals surface area contributed by atoms with Gasteiger partial charge in [0.1, 0.15) is 0 Å². The normalized spacial score (nSPS) is 24.1. The highest BCUT2D eigenvalue weighted by Crippen LogP contribution is 2.30. The molecule has 5 nitrogen and oxygen atoms in total. The number of rotatable bonds is 5. The molecule has 2 saturated heterocycles. The monoisotopic (exact) mass is 355 g/mol. The SMILES string of the molecule is COc1nc2cc(C)ccc2cc1CN1C[C@@H]2CCCN2C[C@@H]1CCO. The minimum absolute atomic E-state index is 0.242. The predicted octanol–water partition coefficient (Wildman–Crippen LogP) is 2.58. The van der Waals surface area contributed by atoms with Crippen LogP contribution >= 0.6 is 0 Å². The molecular formula is C21H29N3O2. The number of benzene rings is 1. The summed E-state index contributed by atoms with van der Waals surface area (Å²) in [6.45, 7) is 6.50. The van der Waals surface area contributed by atoms with Gasteiger partial charge >= 0.3 is 0 Å². The van der Waals surface area contributed by atoms with Gasteiger partial charge in [0.15, 0.2) is 0 Å². The van der Waals surface area contributed by atoms with Crippen LogP contribution in [-0.4, -0.2) is 65.3 Å². The van der Waals surface area contributed by atoms with Crippen molar-refractivity contribution in [1.29, 1.82) is 0 Å². The van der Waals surface area contributed by atoms with Crippen LogP contribution in [-0.2, 0) is 6.54 Å². The molecule has 4 rings (SSSR count). The van der Waals surface area contributed by atoms with Crippen molar-refractivity contribution in [2.24, 2.45) is 0 Å². The highest BCUT2D eigenvalue weighted by atomic mass is 16.5. The molecule has 2 fully saturated rings. The molecule has 1 aromatic carbocycles. The van der Waals surface area contributed by atoms with Crippen LogP contribution in [0.2, 0.25) is 0 Å². The van der Waals surface area contributed by atoms with Crippen LogP contribution in [0.1, 0.15) is 30.4 Å². The fraction of sp³-hybridized carbons (Fsp3) is 0.571. The quantitative estimate of drug-likeness (QED) is 0.893. The third-order valence-corrected chi connectivity index (χ3v) is 5.95. The van der Waals surface area contributed by atoms with Crippen molar-refractivity contribution in [3.05, 3.63) is 35.4 Å². The van der Waals surface area contributed by atoms with E-state index in [2.05, 4.69) is 41.0 Å². The van der Waals surface area contributed by atoms with E-state index in [9.17, 15) is 5.11 Å². The van der Waals surface area contributed by atoms with Gasteiger partial charge in [0, 0.05) is 49.3 Å². The van der Waals surface area contributed by atoms with Crippen LogP contribution in [0.3, 0.4) is 0 Å². The Labute approximate surface area is 155 Å². The number of methoxy groups -OCH3 is 1. The van der Waals surface area contributed by atoms with E-state index >= 15 is 0 Å². The van der Waals surface area contributed by atoms with E-state index in [1.54, 1.807) is 7.11 Å². The number of ether oxygens (including phenoxy) is 1. The molecule has 0 aliphatic carbocycles. The predicted molar refractivity (Wildman–Crippen MR) is 104 cm³/mol. The van der Waals surface area contributed by atoms with Gasteiger partial charge < -0.3 is 9.84 Å². The number of hydrogen-bond donors (Lipinski definition) is 1. The van der Waals surface area contributed by atoms with Gasteiger partial charge in [-0.25, -0.2) is 4.98 Å². The van der Waals surface area contributed by atoms with E-state index in [1.807, 2.05) is 0 Å². The maximum Gasteiger partial charge on any atom is 0.218 e. The Morgan fingerprint density at radius 3 is 2.96 bits per heavy atom. The van der Waals surface area contributed by atoms with Gasteiger partial charge in [-0.2, -0.15) is 0 Å². The maximum absolute atomic E-state index is 9.53. The van der Waals surface area contributed by atoms with Gasteiger partial charge in [-0.3, -0.25) is 9.80 Å². The first kappa shape index (κ1) is 17.7. The fourth-order valence-electron chi connectivity index (χ4n) is 4.58. The largest absolute Gasteiger partial charge is 0.481 e. The summed E-state index contributed by atoms with van der Waals surface area (Å²) in [6.07, 6.45) is 3.41. The zero-order valence-electron chi connectivity index (χ0n) is 15.8. The summed E-state index contributed by atoms with van der Waals surface area (Å²) in [4.78, 5) is 9.89. The second kappa shape index (κ2) is 7.51. The van der Waals surface area contributed by atoms with Crippen molar-refractivity contribution in [2.75, 3.05) is 33.4 Å². The molecule has 0 amide bonds. The summed E-state index contributed by atoms with van der Waals surface area (Å²) in [6, 6.07) is 9.65. The average Bonchev–Trinajstić information content (AvgIpc) is 3.09. The molecule has 140 valence electrons. The van der Waals surface area contributed by atoms with Gasteiger partial charge in [0.2, 0.25) is 5.88 Å². The van der Waals surface area contributed by atoms with Crippen molar-refractivity contribution in [1.82, 2.24) is 14.8 Å². The number of aromatic nitrogens is 1. The van der Waals surface area contributed by atoms with E-state index < -0.39 is 0 Å². The second-order valence-electron chi connectivity index (χ2n) is 7.74. The van der Waals surface area contributed by atoms with Crippen LogP contribution < -0.4 is 4.74 Å². The smallest absolute Gasteiger partial charge is 0.218 e. The zero-order valence-corrected chi connectivity index (χ0v) is 15.8. The molecule has 2 aliphatic heterocycles. The van der Waals surface area contributed by atoms with E-state index in [4.69, 9.17) is 9.72 Å². The molecule has 2 aliphatic rings.